The Morgan fingerprint density at radius 3 is 2.11 bits per heavy atom. The molecule has 1 heterocycles. The first-order valence-electron chi connectivity index (χ1n) is 7.17. The third kappa shape index (κ3) is 3.94. The molecule has 0 aliphatic carbocycles. The molecule has 0 aromatic rings. The van der Waals surface area contributed by atoms with Crippen LogP contribution in [0.1, 0.15) is 40.0 Å². The zero-order chi connectivity index (χ0) is 13.6. The first-order chi connectivity index (χ1) is 8.58. The van der Waals surface area contributed by atoms with E-state index in [4.69, 9.17) is 5.26 Å². The largest absolute Gasteiger partial charge is 0.389 e. The molecule has 1 N–H and O–H groups in total. The van der Waals surface area contributed by atoms with Crippen molar-refractivity contribution in [3.05, 3.63) is 0 Å². The molecule has 1 rings (SSSR count). The SMILES string of the molecule is CCC(C#N)N1CCN(CC(O)(CC)CC)CC1. The molecule has 0 saturated carbocycles. The third-order valence-corrected chi connectivity index (χ3v) is 4.22. The van der Waals surface area contributed by atoms with Crippen molar-refractivity contribution in [3.63, 3.8) is 0 Å². The minimum absolute atomic E-state index is 0.0587. The van der Waals surface area contributed by atoms with Gasteiger partial charge in [-0.2, -0.15) is 5.26 Å². The van der Waals surface area contributed by atoms with Crippen LogP contribution in [0.5, 0.6) is 0 Å². The average molecular weight is 253 g/mol. The van der Waals surface area contributed by atoms with Gasteiger partial charge in [-0.15, -0.1) is 0 Å². The molecule has 1 fully saturated rings. The zero-order valence-electron chi connectivity index (χ0n) is 12.0. The van der Waals surface area contributed by atoms with Gasteiger partial charge in [0.2, 0.25) is 0 Å². The molecule has 1 atom stereocenters. The van der Waals surface area contributed by atoms with E-state index < -0.39 is 5.60 Å². The van der Waals surface area contributed by atoms with Crippen LogP contribution in [0.2, 0.25) is 0 Å². The van der Waals surface area contributed by atoms with Crippen LogP contribution in [0.25, 0.3) is 0 Å². The van der Waals surface area contributed by atoms with E-state index in [-0.39, 0.29) is 6.04 Å². The van der Waals surface area contributed by atoms with E-state index in [0.717, 1.165) is 52.0 Å². The van der Waals surface area contributed by atoms with Crippen LogP contribution >= 0.6 is 0 Å². The summed E-state index contributed by atoms with van der Waals surface area (Å²) < 4.78 is 0. The number of nitriles is 1. The predicted molar refractivity (Wildman–Crippen MR) is 73.2 cm³/mol. The van der Waals surface area contributed by atoms with Crippen molar-refractivity contribution in [1.29, 1.82) is 5.26 Å². The smallest absolute Gasteiger partial charge is 0.0976 e. The standard InChI is InChI=1S/C14H27N3O/c1-4-13(11-15)17-9-7-16(8-10-17)12-14(18,5-2)6-3/h13,18H,4-10,12H2,1-3H3. The molecule has 1 unspecified atom stereocenters. The summed E-state index contributed by atoms with van der Waals surface area (Å²) in [5.74, 6) is 0. The molecule has 0 amide bonds. The Bertz CT molecular complexity index is 275. The summed E-state index contributed by atoms with van der Waals surface area (Å²) in [6.45, 7) is 10.7. The molecule has 0 aromatic heterocycles. The quantitative estimate of drug-likeness (QED) is 0.778. The minimum Gasteiger partial charge on any atom is -0.389 e. The maximum atomic E-state index is 10.3. The van der Waals surface area contributed by atoms with E-state index >= 15 is 0 Å². The second-order valence-electron chi connectivity index (χ2n) is 5.30. The Kier molecular flexibility index (Phi) is 6.07. The fourth-order valence-electron chi connectivity index (χ4n) is 2.55. The number of rotatable bonds is 6. The molecule has 0 radical (unpaired) electrons. The van der Waals surface area contributed by atoms with Crippen molar-refractivity contribution in [2.75, 3.05) is 32.7 Å². The Balaban J connectivity index is 2.42. The van der Waals surface area contributed by atoms with Gasteiger partial charge in [-0.3, -0.25) is 9.80 Å². The first kappa shape index (κ1) is 15.4. The van der Waals surface area contributed by atoms with E-state index in [1.807, 2.05) is 13.8 Å². The Morgan fingerprint density at radius 2 is 1.72 bits per heavy atom. The van der Waals surface area contributed by atoms with Gasteiger partial charge in [0.05, 0.1) is 17.7 Å². The van der Waals surface area contributed by atoms with Crippen LogP contribution < -0.4 is 0 Å². The van der Waals surface area contributed by atoms with Crippen LogP contribution in [-0.2, 0) is 0 Å². The third-order valence-electron chi connectivity index (χ3n) is 4.22. The van der Waals surface area contributed by atoms with Gasteiger partial charge in [-0.05, 0) is 19.3 Å². The average Bonchev–Trinajstić information content (AvgIpc) is 2.42. The summed E-state index contributed by atoms with van der Waals surface area (Å²) >= 11 is 0. The summed E-state index contributed by atoms with van der Waals surface area (Å²) in [6, 6.07) is 2.42. The number of hydrogen-bond acceptors (Lipinski definition) is 4. The number of hydrogen-bond donors (Lipinski definition) is 1. The highest BCUT2D eigenvalue weighted by Crippen LogP contribution is 2.18. The monoisotopic (exact) mass is 253 g/mol. The second kappa shape index (κ2) is 7.08. The Morgan fingerprint density at radius 1 is 1.17 bits per heavy atom. The molecule has 1 aliphatic heterocycles. The van der Waals surface area contributed by atoms with Gasteiger partial charge in [-0.25, -0.2) is 0 Å². The van der Waals surface area contributed by atoms with Crippen molar-refractivity contribution in [3.8, 4) is 6.07 Å². The van der Waals surface area contributed by atoms with Crippen LogP contribution in [0.15, 0.2) is 0 Å². The molecule has 0 bridgehead atoms. The molecule has 4 heteroatoms. The lowest BCUT2D eigenvalue weighted by Crippen LogP contribution is -2.53. The highest BCUT2D eigenvalue weighted by molar-refractivity contribution is 4.93. The molecule has 1 aliphatic rings. The van der Waals surface area contributed by atoms with Gasteiger partial charge in [0.25, 0.3) is 0 Å². The molecular formula is C14H27N3O. The Hall–Kier alpha value is -0.630. The molecule has 18 heavy (non-hydrogen) atoms. The maximum absolute atomic E-state index is 10.3. The molecule has 1 saturated heterocycles. The lowest BCUT2D eigenvalue weighted by Gasteiger charge is -2.40. The van der Waals surface area contributed by atoms with Crippen molar-refractivity contribution in [2.24, 2.45) is 0 Å². The van der Waals surface area contributed by atoms with Gasteiger partial charge in [0, 0.05) is 32.7 Å². The number of β-amino-alcohol motifs (C(OH)–C–C–N with tert-alkyl or cyclic N) is 1. The highest BCUT2D eigenvalue weighted by atomic mass is 16.3. The van der Waals surface area contributed by atoms with Crippen molar-refractivity contribution in [1.82, 2.24) is 9.80 Å². The molecular weight excluding hydrogens is 226 g/mol. The van der Waals surface area contributed by atoms with Gasteiger partial charge in [-0.1, -0.05) is 20.8 Å². The normalized spacial score (nSPS) is 20.6. The van der Waals surface area contributed by atoms with E-state index in [0.29, 0.717) is 0 Å². The lowest BCUT2D eigenvalue weighted by molar-refractivity contribution is -0.0175. The van der Waals surface area contributed by atoms with Crippen LogP contribution in [0, 0.1) is 11.3 Å². The van der Waals surface area contributed by atoms with E-state index in [1.54, 1.807) is 0 Å². The summed E-state index contributed by atoms with van der Waals surface area (Å²) in [4.78, 5) is 4.58. The topological polar surface area (TPSA) is 50.5 Å². The zero-order valence-corrected chi connectivity index (χ0v) is 12.0. The van der Waals surface area contributed by atoms with Crippen LogP contribution in [-0.4, -0.2) is 59.3 Å². The highest BCUT2D eigenvalue weighted by Gasteiger charge is 2.29. The van der Waals surface area contributed by atoms with Crippen molar-refractivity contribution >= 4 is 0 Å². The number of aliphatic hydroxyl groups is 1. The number of piperazine rings is 1. The van der Waals surface area contributed by atoms with Gasteiger partial charge < -0.3 is 5.11 Å². The molecule has 0 spiro atoms. The van der Waals surface area contributed by atoms with Crippen LogP contribution in [0.4, 0.5) is 0 Å². The molecule has 104 valence electrons. The van der Waals surface area contributed by atoms with E-state index in [1.165, 1.54) is 0 Å². The van der Waals surface area contributed by atoms with Gasteiger partial charge >= 0.3 is 0 Å². The maximum Gasteiger partial charge on any atom is 0.0976 e. The van der Waals surface area contributed by atoms with Crippen molar-refractivity contribution < 1.29 is 5.11 Å². The van der Waals surface area contributed by atoms with Crippen LogP contribution in [0.3, 0.4) is 0 Å². The second-order valence-corrected chi connectivity index (χ2v) is 5.30. The first-order valence-corrected chi connectivity index (χ1v) is 7.17. The summed E-state index contributed by atoms with van der Waals surface area (Å²) in [5, 5.41) is 19.4. The minimum atomic E-state index is -0.540. The van der Waals surface area contributed by atoms with Gasteiger partial charge in [0.15, 0.2) is 0 Å². The van der Waals surface area contributed by atoms with Gasteiger partial charge in [0.1, 0.15) is 0 Å². The fourth-order valence-corrected chi connectivity index (χ4v) is 2.55. The van der Waals surface area contributed by atoms with Crippen molar-refractivity contribution in [2.45, 2.75) is 51.7 Å². The van der Waals surface area contributed by atoms with E-state index in [2.05, 4.69) is 22.8 Å². The number of nitrogens with zero attached hydrogens (tertiary/aromatic N) is 3. The Labute approximate surface area is 111 Å². The summed E-state index contributed by atoms with van der Waals surface area (Å²) in [7, 11) is 0. The lowest BCUT2D eigenvalue weighted by atomic mass is 9.96. The molecule has 4 nitrogen and oxygen atoms in total. The predicted octanol–water partition coefficient (Wildman–Crippen LogP) is 1.46. The van der Waals surface area contributed by atoms with E-state index in [9.17, 15) is 5.11 Å². The summed E-state index contributed by atoms with van der Waals surface area (Å²) in [6.07, 6.45) is 2.50. The fraction of sp³-hybridized carbons (Fsp3) is 0.929. The summed E-state index contributed by atoms with van der Waals surface area (Å²) in [5.41, 5.74) is -0.540. The molecule has 0 aromatic carbocycles.